The third-order valence-corrected chi connectivity index (χ3v) is 13.5. The van der Waals surface area contributed by atoms with Crippen molar-refractivity contribution < 1.29 is 28.7 Å². The summed E-state index contributed by atoms with van der Waals surface area (Å²) in [5.41, 5.74) is 0. The maximum Gasteiger partial charge on any atom is 0.248 e. The number of carbonyl (C=O) groups is 4. The highest BCUT2D eigenvalue weighted by atomic mass is 32.2. The van der Waals surface area contributed by atoms with Gasteiger partial charge in [0.15, 0.2) is 0 Å². The summed E-state index contributed by atoms with van der Waals surface area (Å²) in [6, 6.07) is 16.0. The van der Waals surface area contributed by atoms with Crippen molar-refractivity contribution in [1.29, 1.82) is 0 Å². The molecule has 20 nitrogen and oxygen atoms in total. The predicted octanol–water partition coefficient (Wildman–Crippen LogP) is 1.64. The molecule has 8 unspecified atom stereocenters. The smallest absolute Gasteiger partial charge is 0.248 e. The number of likely N-dealkylation sites (N-methyl/N-ethyl adjacent to an activating group) is 2. The maximum atomic E-state index is 14.4. The fourth-order valence-corrected chi connectivity index (χ4v) is 9.18. The first-order valence-corrected chi connectivity index (χ1v) is 23.4. The minimum absolute atomic E-state index is 0.0378. The number of nitrogens with one attached hydrogen (secondary N) is 4. The average molecular weight is 921 g/mol. The highest BCUT2D eigenvalue weighted by Gasteiger charge is 2.40. The number of carbonyl (C=O) groups excluding carboxylic acids is 4. The standard InChI is InChI=1S/C42H60N14O6S2/c1-27(43-5)37(57)45-35(39(59)53-21-13-15-31(53)25-55-41(47-49-51-55)63-33-17-9-7-10-18-33)29(3)61-23-24-62-30(4)36(46-38(58)28(2)44-6)40(60)54-22-14-16-32(54)26-56-42(48-50-52-56)64-34-19-11-8-12-20-34/h7-12,17-20,27-32,35-36,43-44H,13-16,21-26H2,1-6H3,(H,45,57)(H,46,58). The van der Waals surface area contributed by atoms with Crippen molar-refractivity contribution in [2.75, 3.05) is 40.4 Å². The van der Waals surface area contributed by atoms with E-state index in [1.165, 1.54) is 23.5 Å². The molecule has 64 heavy (non-hydrogen) atoms. The van der Waals surface area contributed by atoms with E-state index in [1.807, 2.05) is 60.7 Å². The van der Waals surface area contributed by atoms with Gasteiger partial charge in [-0.3, -0.25) is 19.2 Å². The second kappa shape index (κ2) is 23.8. The molecule has 0 spiro atoms. The quantitative estimate of drug-likeness (QED) is 0.0776. The van der Waals surface area contributed by atoms with Crippen molar-refractivity contribution in [3.63, 3.8) is 0 Å². The summed E-state index contributed by atoms with van der Waals surface area (Å²) in [5, 5.41) is 37.6. The number of ether oxygens (including phenoxy) is 2. The van der Waals surface area contributed by atoms with Crippen molar-refractivity contribution in [1.82, 2.24) is 71.5 Å². The van der Waals surface area contributed by atoms with E-state index >= 15 is 0 Å². The number of benzene rings is 2. The highest BCUT2D eigenvalue weighted by Crippen LogP contribution is 2.29. The van der Waals surface area contributed by atoms with Crippen LogP contribution in [0.2, 0.25) is 0 Å². The van der Waals surface area contributed by atoms with Crippen LogP contribution in [-0.4, -0.2) is 163 Å². The van der Waals surface area contributed by atoms with Gasteiger partial charge in [0.1, 0.15) is 12.1 Å². The zero-order chi connectivity index (χ0) is 45.6. The van der Waals surface area contributed by atoms with Crippen molar-refractivity contribution >= 4 is 47.2 Å². The van der Waals surface area contributed by atoms with Crippen LogP contribution >= 0.6 is 23.5 Å². The molecule has 2 aromatic heterocycles. The monoisotopic (exact) mass is 920 g/mol. The van der Waals surface area contributed by atoms with Gasteiger partial charge in [0.25, 0.3) is 0 Å². The summed E-state index contributed by atoms with van der Waals surface area (Å²) in [7, 11) is 3.35. The molecular weight excluding hydrogens is 861 g/mol. The first-order valence-electron chi connectivity index (χ1n) is 21.7. The lowest BCUT2D eigenvalue weighted by atomic mass is 10.1. The minimum atomic E-state index is -1.01. The lowest BCUT2D eigenvalue weighted by molar-refractivity contribution is -0.144. The molecule has 6 rings (SSSR count). The summed E-state index contributed by atoms with van der Waals surface area (Å²) in [6.45, 7) is 8.76. The largest absolute Gasteiger partial charge is 0.373 e. The minimum Gasteiger partial charge on any atom is -0.373 e. The normalized spacial score (nSPS) is 19.2. The summed E-state index contributed by atoms with van der Waals surface area (Å²) < 4.78 is 15.9. The zero-order valence-electron chi connectivity index (χ0n) is 37.2. The zero-order valence-corrected chi connectivity index (χ0v) is 38.8. The van der Waals surface area contributed by atoms with Crippen LogP contribution in [0.5, 0.6) is 0 Å². The Balaban J connectivity index is 1.09. The van der Waals surface area contributed by atoms with Crippen LogP contribution in [-0.2, 0) is 41.7 Å². The third kappa shape index (κ3) is 12.8. The molecule has 4 amide bonds. The van der Waals surface area contributed by atoms with Crippen LogP contribution < -0.4 is 21.3 Å². The second-order valence-corrected chi connectivity index (χ2v) is 18.0. The molecule has 2 saturated heterocycles. The van der Waals surface area contributed by atoms with Gasteiger partial charge in [-0.1, -0.05) is 36.4 Å². The summed E-state index contributed by atoms with van der Waals surface area (Å²) in [4.78, 5) is 60.8. The number of nitrogens with zero attached hydrogens (tertiary/aromatic N) is 10. The Morgan fingerprint density at radius 2 is 1.03 bits per heavy atom. The Morgan fingerprint density at radius 1 is 0.641 bits per heavy atom. The van der Waals surface area contributed by atoms with Gasteiger partial charge < -0.3 is 40.5 Å². The van der Waals surface area contributed by atoms with E-state index in [9.17, 15) is 19.2 Å². The summed E-state index contributed by atoms with van der Waals surface area (Å²) in [6.07, 6.45) is 1.53. The third-order valence-electron chi connectivity index (χ3n) is 11.6. The van der Waals surface area contributed by atoms with E-state index in [4.69, 9.17) is 9.47 Å². The summed E-state index contributed by atoms with van der Waals surface area (Å²) in [5.74, 6) is -1.24. The molecule has 8 atom stereocenters. The van der Waals surface area contributed by atoms with E-state index in [2.05, 4.69) is 52.3 Å². The van der Waals surface area contributed by atoms with E-state index < -0.39 is 36.4 Å². The van der Waals surface area contributed by atoms with Gasteiger partial charge in [-0.05, 0) is 136 Å². The summed E-state index contributed by atoms with van der Waals surface area (Å²) >= 11 is 2.89. The second-order valence-electron chi connectivity index (χ2n) is 15.9. The number of rotatable bonds is 23. The average Bonchev–Trinajstić information content (AvgIpc) is 4.16. The van der Waals surface area contributed by atoms with Crippen LogP contribution in [0.25, 0.3) is 0 Å². The number of aromatic nitrogens is 8. The molecule has 2 fully saturated rings. The van der Waals surface area contributed by atoms with Gasteiger partial charge in [0.2, 0.25) is 33.9 Å². The van der Waals surface area contributed by atoms with Crippen LogP contribution in [0.15, 0.2) is 80.8 Å². The van der Waals surface area contributed by atoms with Crippen molar-refractivity contribution in [2.45, 2.75) is 135 Å². The first kappa shape index (κ1) is 48.5. The molecule has 4 heterocycles. The van der Waals surface area contributed by atoms with Crippen LogP contribution in [0.4, 0.5) is 0 Å². The van der Waals surface area contributed by atoms with Crippen LogP contribution in [0.3, 0.4) is 0 Å². The maximum absolute atomic E-state index is 14.4. The molecule has 22 heteroatoms. The number of amides is 4. The fourth-order valence-electron chi connectivity index (χ4n) is 7.58. The van der Waals surface area contributed by atoms with Gasteiger partial charge in [-0.25, -0.2) is 9.36 Å². The van der Waals surface area contributed by atoms with Gasteiger partial charge in [-0.2, -0.15) is 0 Å². The Bertz CT molecular complexity index is 1970. The van der Waals surface area contributed by atoms with Crippen molar-refractivity contribution in [2.24, 2.45) is 0 Å². The van der Waals surface area contributed by atoms with Crippen LogP contribution in [0, 0.1) is 0 Å². The molecule has 0 bridgehead atoms. The molecule has 4 N–H and O–H groups in total. The molecule has 2 aliphatic heterocycles. The number of hydrogen-bond acceptors (Lipinski definition) is 16. The predicted molar refractivity (Wildman–Crippen MR) is 238 cm³/mol. The molecular formula is C42H60N14O6S2. The van der Waals surface area contributed by atoms with E-state index in [0.29, 0.717) is 36.5 Å². The van der Waals surface area contributed by atoms with E-state index in [1.54, 1.807) is 61.0 Å². The van der Waals surface area contributed by atoms with Crippen molar-refractivity contribution in [3.8, 4) is 0 Å². The van der Waals surface area contributed by atoms with E-state index in [0.717, 1.165) is 35.5 Å². The highest BCUT2D eigenvalue weighted by molar-refractivity contribution is 7.99. The molecule has 2 aromatic carbocycles. The number of likely N-dealkylation sites (tertiary alicyclic amines) is 2. The number of hydrogen-bond donors (Lipinski definition) is 4. The van der Waals surface area contributed by atoms with Gasteiger partial charge in [0.05, 0.1) is 62.7 Å². The Kier molecular flexibility index (Phi) is 18.0. The molecule has 4 aromatic rings. The first-order chi connectivity index (χ1) is 31.0. The van der Waals surface area contributed by atoms with E-state index in [-0.39, 0.29) is 48.9 Å². The SMILES string of the molecule is CNC(C)C(=O)NC(C(=O)N1CCCC1Cn1nnnc1Sc1ccccc1)C(C)OCCOC(C)C(NC(=O)C(C)NC)C(=O)N1CCCC1Cn1nnnc1Sc1ccccc1. The van der Waals surface area contributed by atoms with Gasteiger partial charge >= 0.3 is 0 Å². The van der Waals surface area contributed by atoms with Crippen LogP contribution in [0.1, 0.15) is 53.4 Å². The Morgan fingerprint density at radius 3 is 1.41 bits per heavy atom. The lowest BCUT2D eigenvalue weighted by Gasteiger charge is -2.33. The van der Waals surface area contributed by atoms with Gasteiger partial charge in [0, 0.05) is 22.9 Å². The topological polar surface area (TPSA) is 229 Å². The molecule has 0 aliphatic carbocycles. The fraction of sp³-hybridized carbons (Fsp3) is 0.571. The molecule has 0 saturated carbocycles. The lowest BCUT2D eigenvalue weighted by Crippen LogP contribution is -2.58. The molecule has 346 valence electrons. The Hall–Kier alpha value is -5.00. The molecule has 2 aliphatic rings. The molecule has 0 radical (unpaired) electrons. The number of tetrazole rings is 2. The van der Waals surface area contributed by atoms with Crippen molar-refractivity contribution in [3.05, 3.63) is 60.7 Å². The van der Waals surface area contributed by atoms with Gasteiger partial charge in [-0.15, -0.1) is 10.2 Å². The Labute approximate surface area is 382 Å².